The van der Waals surface area contributed by atoms with E-state index < -0.39 is 0 Å². The van der Waals surface area contributed by atoms with Crippen LogP contribution in [0.15, 0.2) is 4.99 Å². The van der Waals surface area contributed by atoms with Crippen molar-refractivity contribution in [2.75, 3.05) is 26.8 Å². The highest BCUT2D eigenvalue weighted by molar-refractivity contribution is 14.0. The Bertz CT molecular complexity index is 520. The number of nitrogens with one attached hydrogen (secondary N) is 2. The highest BCUT2D eigenvalue weighted by atomic mass is 127. The van der Waals surface area contributed by atoms with E-state index >= 15 is 0 Å². The van der Waals surface area contributed by atoms with E-state index in [-0.39, 0.29) is 24.0 Å². The first-order valence-electron chi connectivity index (χ1n) is 9.98. The third-order valence-electron chi connectivity index (χ3n) is 4.60. The van der Waals surface area contributed by atoms with Crippen molar-refractivity contribution < 1.29 is 4.74 Å². The molecule has 0 aliphatic rings. The number of hydrogen-bond acceptors (Lipinski definition) is 4. The molecule has 0 fully saturated rings. The number of halogens is 1. The van der Waals surface area contributed by atoms with Crippen molar-refractivity contribution >= 4 is 29.9 Å². The van der Waals surface area contributed by atoms with Gasteiger partial charge in [-0.05, 0) is 32.1 Å². The highest BCUT2D eigenvalue weighted by Crippen LogP contribution is 2.13. The van der Waals surface area contributed by atoms with Crippen molar-refractivity contribution in [1.29, 1.82) is 0 Å². The summed E-state index contributed by atoms with van der Waals surface area (Å²) in [5, 5.41) is 15.2. The van der Waals surface area contributed by atoms with Gasteiger partial charge in [0, 0.05) is 33.9 Å². The first-order chi connectivity index (χ1) is 12.6. The summed E-state index contributed by atoms with van der Waals surface area (Å²) in [5.74, 6) is 3.32. The topological polar surface area (TPSA) is 76.4 Å². The van der Waals surface area contributed by atoms with Gasteiger partial charge in [-0.1, -0.05) is 33.1 Å². The van der Waals surface area contributed by atoms with Crippen LogP contribution < -0.4 is 10.6 Å². The number of methoxy groups -OCH3 is 1. The zero-order valence-corrected chi connectivity index (χ0v) is 20.1. The van der Waals surface area contributed by atoms with Gasteiger partial charge < -0.3 is 19.9 Å². The maximum absolute atomic E-state index is 5.12. The van der Waals surface area contributed by atoms with Crippen molar-refractivity contribution in [2.45, 2.75) is 65.8 Å². The summed E-state index contributed by atoms with van der Waals surface area (Å²) in [6.45, 7) is 9.52. The number of guanidine groups is 1. The van der Waals surface area contributed by atoms with Crippen LogP contribution in [0.25, 0.3) is 0 Å². The minimum atomic E-state index is 0. The van der Waals surface area contributed by atoms with Gasteiger partial charge >= 0.3 is 0 Å². The molecule has 7 nitrogen and oxygen atoms in total. The number of aliphatic imine (C=N–C) groups is 1. The molecule has 0 saturated carbocycles. The van der Waals surface area contributed by atoms with Crippen LogP contribution in [0.1, 0.15) is 64.0 Å². The Morgan fingerprint density at radius 1 is 1.15 bits per heavy atom. The van der Waals surface area contributed by atoms with Crippen molar-refractivity contribution in [3.05, 3.63) is 11.6 Å². The molecule has 8 heteroatoms. The monoisotopic (exact) mass is 494 g/mol. The fourth-order valence-electron chi connectivity index (χ4n) is 2.83. The molecular weight excluding hydrogens is 455 g/mol. The summed E-state index contributed by atoms with van der Waals surface area (Å²) in [5.41, 5.74) is 0. The standard InChI is InChI=1S/C19H38N6O.HI/c1-6-8-11-17(10-7-2)14-21-19(20-12-9-13-26-5)22-15-18-24-23-16(3)25(18)4;/h17H,6-15H2,1-5H3,(H2,20,21,22);1H. The van der Waals surface area contributed by atoms with Gasteiger partial charge in [-0.25, -0.2) is 4.99 Å². The van der Waals surface area contributed by atoms with Crippen molar-refractivity contribution in [3.8, 4) is 0 Å². The first kappa shape index (κ1) is 26.1. The quantitative estimate of drug-likeness (QED) is 0.190. The number of rotatable bonds is 13. The van der Waals surface area contributed by atoms with Gasteiger partial charge in [0.15, 0.2) is 11.8 Å². The largest absolute Gasteiger partial charge is 0.385 e. The molecule has 1 aromatic heterocycles. The SMILES string of the molecule is CCCCC(CCC)CNC(=NCc1nnc(C)n1C)NCCCOC.I. The molecule has 0 bridgehead atoms. The van der Waals surface area contributed by atoms with Gasteiger partial charge in [0.05, 0.1) is 0 Å². The summed E-state index contributed by atoms with van der Waals surface area (Å²) in [6, 6.07) is 0. The number of nitrogens with zero attached hydrogens (tertiary/aromatic N) is 4. The minimum Gasteiger partial charge on any atom is -0.385 e. The Morgan fingerprint density at radius 2 is 1.93 bits per heavy atom. The van der Waals surface area contributed by atoms with Crippen LogP contribution in [0.2, 0.25) is 0 Å². The molecular formula is C19H39IN6O. The summed E-state index contributed by atoms with van der Waals surface area (Å²) in [7, 11) is 3.70. The fourth-order valence-corrected chi connectivity index (χ4v) is 2.83. The minimum absolute atomic E-state index is 0. The number of unbranched alkanes of at least 4 members (excludes halogenated alkanes) is 1. The van der Waals surface area contributed by atoms with E-state index in [9.17, 15) is 0 Å². The van der Waals surface area contributed by atoms with E-state index in [2.05, 4.69) is 34.7 Å². The Kier molecular flexibility index (Phi) is 15.6. The lowest BCUT2D eigenvalue weighted by Crippen LogP contribution is -2.40. The molecule has 1 aromatic rings. The second kappa shape index (κ2) is 16.1. The van der Waals surface area contributed by atoms with Gasteiger partial charge in [0.25, 0.3) is 0 Å². The van der Waals surface area contributed by atoms with Crippen LogP contribution in [-0.2, 0) is 18.3 Å². The predicted octanol–water partition coefficient (Wildman–Crippen LogP) is 3.42. The predicted molar refractivity (Wildman–Crippen MR) is 123 cm³/mol. The van der Waals surface area contributed by atoms with Crippen LogP contribution in [0.3, 0.4) is 0 Å². The van der Waals surface area contributed by atoms with Gasteiger partial charge in [-0.15, -0.1) is 34.2 Å². The molecule has 0 spiro atoms. The maximum Gasteiger partial charge on any atom is 0.191 e. The smallest absolute Gasteiger partial charge is 0.191 e. The Morgan fingerprint density at radius 3 is 2.52 bits per heavy atom. The lowest BCUT2D eigenvalue weighted by atomic mass is 9.97. The Hall–Kier alpha value is -0.900. The van der Waals surface area contributed by atoms with Gasteiger partial charge in [-0.3, -0.25) is 0 Å². The van der Waals surface area contributed by atoms with E-state index in [1.54, 1.807) is 7.11 Å². The third-order valence-corrected chi connectivity index (χ3v) is 4.60. The highest BCUT2D eigenvalue weighted by Gasteiger charge is 2.09. The van der Waals surface area contributed by atoms with Gasteiger partial charge in [-0.2, -0.15) is 0 Å². The summed E-state index contributed by atoms with van der Waals surface area (Å²) < 4.78 is 7.10. The van der Waals surface area contributed by atoms with Crippen LogP contribution in [0.5, 0.6) is 0 Å². The maximum atomic E-state index is 5.12. The molecule has 0 saturated heterocycles. The van der Waals surface area contributed by atoms with Gasteiger partial charge in [0.2, 0.25) is 0 Å². The zero-order chi connectivity index (χ0) is 19.2. The van der Waals surface area contributed by atoms with Crippen LogP contribution >= 0.6 is 24.0 Å². The Labute approximate surface area is 182 Å². The van der Waals surface area contributed by atoms with E-state index in [1.807, 2.05) is 18.5 Å². The molecule has 1 rings (SSSR count). The molecule has 0 aromatic carbocycles. The zero-order valence-electron chi connectivity index (χ0n) is 17.8. The van der Waals surface area contributed by atoms with Gasteiger partial charge in [0.1, 0.15) is 12.4 Å². The second-order valence-corrected chi connectivity index (χ2v) is 6.84. The third kappa shape index (κ3) is 10.9. The summed E-state index contributed by atoms with van der Waals surface area (Å²) in [4.78, 5) is 4.71. The summed E-state index contributed by atoms with van der Waals surface area (Å²) in [6.07, 6.45) is 7.25. The lowest BCUT2D eigenvalue weighted by molar-refractivity contribution is 0.195. The molecule has 0 aliphatic carbocycles. The van der Waals surface area contributed by atoms with Crippen molar-refractivity contribution in [1.82, 2.24) is 25.4 Å². The molecule has 158 valence electrons. The molecule has 2 N–H and O–H groups in total. The van der Waals surface area contributed by atoms with Crippen LogP contribution in [0.4, 0.5) is 0 Å². The number of ether oxygens (including phenoxy) is 1. The molecule has 1 unspecified atom stereocenters. The first-order valence-corrected chi connectivity index (χ1v) is 9.98. The fraction of sp³-hybridized carbons (Fsp3) is 0.842. The Balaban J connectivity index is 0.00000676. The van der Waals surface area contributed by atoms with E-state index in [4.69, 9.17) is 9.73 Å². The van der Waals surface area contributed by atoms with Crippen molar-refractivity contribution in [2.24, 2.45) is 18.0 Å². The normalized spacial score (nSPS) is 12.6. The number of hydrogen-bond donors (Lipinski definition) is 2. The van der Waals surface area contributed by atoms with E-state index in [0.717, 1.165) is 43.7 Å². The molecule has 1 heterocycles. The van der Waals surface area contributed by atoms with E-state index in [1.165, 1.54) is 32.1 Å². The average Bonchev–Trinajstić information content (AvgIpc) is 2.96. The summed E-state index contributed by atoms with van der Waals surface area (Å²) >= 11 is 0. The molecule has 1 atom stereocenters. The lowest BCUT2D eigenvalue weighted by Gasteiger charge is -2.19. The molecule has 0 radical (unpaired) electrons. The molecule has 27 heavy (non-hydrogen) atoms. The van der Waals surface area contributed by atoms with Crippen LogP contribution in [-0.4, -0.2) is 47.5 Å². The second-order valence-electron chi connectivity index (χ2n) is 6.84. The number of aryl methyl sites for hydroxylation is 1. The molecule has 0 amide bonds. The average molecular weight is 494 g/mol. The number of aromatic nitrogens is 3. The van der Waals surface area contributed by atoms with E-state index in [0.29, 0.717) is 12.5 Å². The van der Waals surface area contributed by atoms with Crippen molar-refractivity contribution in [3.63, 3.8) is 0 Å². The van der Waals surface area contributed by atoms with Crippen LogP contribution in [0, 0.1) is 12.8 Å². The molecule has 0 aliphatic heterocycles.